The normalized spacial score (nSPS) is 9.25. The molecule has 0 aliphatic heterocycles. The van der Waals surface area contributed by atoms with Crippen molar-refractivity contribution in [1.82, 2.24) is 0 Å². The first-order valence-electron chi connectivity index (χ1n) is 2.74. The van der Waals surface area contributed by atoms with Gasteiger partial charge in [-0.05, 0) is 6.42 Å². The van der Waals surface area contributed by atoms with E-state index in [-0.39, 0.29) is 40.5 Å². The van der Waals surface area contributed by atoms with E-state index >= 15 is 0 Å². The van der Waals surface area contributed by atoms with Crippen LogP contribution in [0.3, 0.4) is 0 Å². The van der Waals surface area contributed by atoms with Crippen molar-refractivity contribution < 1.29 is 25.3 Å². The van der Waals surface area contributed by atoms with Gasteiger partial charge in [0.2, 0.25) is 0 Å². The zero-order valence-electron chi connectivity index (χ0n) is 6.00. The van der Waals surface area contributed by atoms with Gasteiger partial charge < -0.3 is 15.7 Å². The van der Waals surface area contributed by atoms with Crippen LogP contribution < -0.4 is 0 Å². The highest BCUT2D eigenvalue weighted by molar-refractivity contribution is 5.94. The molecule has 0 aliphatic carbocycles. The fraction of sp³-hybridized carbons (Fsp3) is 0.333. The second-order valence-corrected chi connectivity index (χ2v) is 1.67. The van der Waals surface area contributed by atoms with Crippen LogP contribution in [0.4, 0.5) is 0 Å². The van der Waals surface area contributed by atoms with Gasteiger partial charge in [0.25, 0.3) is 0 Å². The van der Waals surface area contributed by atoms with Crippen molar-refractivity contribution in [3.8, 4) is 0 Å². The topological polar surface area (TPSA) is 106 Å². The molecule has 0 unspecified atom stereocenters. The zero-order valence-corrected chi connectivity index (χ0v) is 6.00. The van der Waals surface area contributed by atoms with Crippen molar-refractivity contribution in [2.45, 2.75) is 13.3 Å². The minimum Gasteiger partial charge on any atom is -0.478 e. The maximum absolute atomic E-state index is 10.1. The Labute approximate surface area is 85.5 Å². The molecule has 0 aromatic heterocycles. The number of carbonyl (C=O) groups is 2. The molecule has 0 aromatic rings. The molecule has 0 saturated carbocycles. The Kier molecular flexibility index (Phi) is 12.4. The van der Waals surface area contributed by atoms with Gasteiger partial charge in [0.15, 0.2) is 0 Å². The van der Waals surface area contributed by atoms with E-state index in [1.54, 1.807) is 6.92 Å². The van der Waals surface area contributed by atoms with E-state index in [1.165, 1.54) is 0 Å². The predicted octanol–water partition coefficient (Wildman–Crippen LogP) is -1.25. The predicted molar refractivity (Wildman–Crippen MR) is 45.8 cm³/mol. The first-order chi connectivity index (χ1) is 4.57. The van der Waals surface area contributed by atoms with Gasteiger partial charge in [0.1, 0.15) is 0 Å². The van der Waals surface area contributed by atoms with Gasteiger partial charge in [0, 0.05) is 11.6 Å². The molecule has 0 fully saturated rings. The quantitative estimate of drug-likeness (QED) is 0.426. The Morgan fingerprint density at radius 2 is 1.75 bits per heavy atom. The van der Waals surface area contributed by atoms with Crippen molar-refractivity contribution in [2.75, 3.05) is 0 Å². The smallest absolute Gasteiger partial charge is 0.331 e. The van der Waals surface area contributed by atoms with Crippen LogP contribution >= 0.6 is 0 Å². The van der Waals surface area contributed by atoms with Crippen molar-refractivity contribution >= 4 is 35.0 Å². The average molecular weight is 188 g/mol. The summed E-state index contributed by atoms with van der Waals surface area (Å²) < 4.78 is 0. The van der Waals surface area contributed by atoms with Crippen molar-refractivity contribution in [1.29, 1.82) is 0 Å². The molecular weight excluding hydrogens is 176 g/mol. The fourth-order valence-electron chi connectivity index (χ4n) is 0.464. The molecule has 0 amide bonds. The molecule has 0 rings (SSSR count). The highest BCUT2D eigenvalue weighted by Gasteiger charge is 2.05. The lowest BCUT2D eigenvalue weighted by Gasteiger charge is -1.92. The van der Waals surface area contributed by atoms with Gasteiger partial charge in [-0.3, -0.25) is 0 Å². The summed E-state index contributed by atoms with van der Waals surface area (Å²) in [6.45, 7) is 1.59. The summed E-state index contributed by atoms with van der Waals surface area (Å²) in [6.07, 6.45) is 0.921. The number of hydrogen-bond donors (Lipinski definition) is 2. The van der Waals surface area contributed by atoms with Gasteiger partial charge in [-0.1, -0.05) is 6.92 Å². The van der Waals surface area contributed by atoms with E-state index in [9.17, 15) is 9.59 Å². The molecule has 0 aliphatic rings. The van der Waals surface area contributed by atoms with Gasteiger partial charge in [-0.2, -0.15) is 0 Å². The molecule has 6 heteroatoms. The molecule has 0 radical (unpaired) electrons. The Morgan fingerprint density at radius 3 is 1.83 bits per heavy atom. The fourth-order valence-corrected chi connectivity index (χ4v) is 0.464. The maximum atomic E-state index is 10.1. The Balaban J connectivity index is -0.000000405. The van der Waals surface area contributed by atoms with E-state index in [0.717, 1.165) is 0 Å². The molecule has 12 heavy (non-hydrogen) atoms. The first kappa shape index (κ1) is 17.5. The van der Waals surface area contributed by atoms with E-state index < -0.39 is 11.9 Å². The van der Waals surface area contributed by atoms with Crippen LogP contribution in [0.1, 0.15) is 13.3 Å². The summed E-state index contributed by atoms with van der Waals surface area (Å²) in [4.78, 5) is 20.1. The largest absolute Gasteiger partial charge is 0.478 e. The number of hydrogen-bond acceptors (Lipinski definition) is 2. The third-order valence-corrected chi connectivity index (χ3v) is 0.953. The van der Waals surface area contributed by atoms with Crippen LogP contribution in [0.5, 0.6) is 0 Å². The molecule has 0 heterocycles. The maximum Gasteiger partial charge on any atom is 0.331 e. The summed E-state index contributed by atoms with van der Waals surface area (Å²) in [5.41, 5.74) is -0.0903. The molecule has 5 nitrogen and oxygen atoms in total. The number of rotatable bonds is 3. The third-order valence-electron chi connectivity index (χ3n) is 0.953. The lowest BCUT2D eigenvalue weighted by atomic mass is 10.2. The van der Waals surface area contributed by atoms with Gasteiger partial charge in [0.05, 0.1) is 0 Å². The minimum atomic E-state index is -1.22. The number of carboxylic acid groups (broad SMARTS) is 2. The summed E-state index contributed by atoms with van der Waals surface area (Å²) in [5.74, 6) is -2.40. The Morgan fingerprint density at radius 1 is 1.33 bits per heavy atom. The molecule has 0 atom stereocenters. The highest BCUT2D eigenvalue weighted by Crippen LogP contribution is 1.98. The Hall–Kier alpha value is -0.594. The third kappa shape index (κ3) is 7.51. The molecular formula is C6H12MgO5. The van der Waals surface area contributed by atoms with E-state index in [0.29, 0.717) is 6.08 Å². The van der Waals surface area contributed by atoms with Crippen LogP contribution in [0, 0.1) is 0 Å². The lowest BCUT2D eigenvalue weighted by Crippen LogP contribution is -2.02. The lowest BCUT2D eigenvalue weighted by molar-refractivity contribution is -0.135. The van der Waals surface area contributed by atoms with E-state index in [1.807, 2.05) is 0 Å². The zero-order chi connectivity index (χ0) is 8.15. The van der Waals surface area contributed by atoms with Gasteiger partial charge >= 0.3 is 35.0 Å². The molecule has 68 valence electrons. The minimum absolute atomic E-state index is 0. The molecule has 4 N–H and O–H groups in total. The number of aliphatic carboxylic acids is 2. The summed E-state index contributed by atoms with van der Waals surface area (Å²) in [5, 5.41) is 16.4. The van der Waals surface area contributed by atoms with Crippen LogP contribution in [0.15, 0.2) is 11.6 Å². The molecule has 0 aromatic carbocycles. The summed E-state index contributed by atoms with van der Waals surface area (Å²) in [7, 11) is 0. The average Bonchev–Trinajstić information content (AvgIpc) is 1.81. The summed E-state index contributed by atoms with van der Waals surface area (Å²) >= 11 is 0. The van der Waals surface area contributed by atoms with Crippen LogP contribution in [-0.4, -0.2) is 50.7 Å². The SMILES string of the molecule is CC/C(=C\C(=O)O)C(=O)O.O.[MgH2]. The van der Waals surface area contributed by atoms with Crippen molar-refractivity contribution in [3.05, 3.63) is 11.6 Å². The van der Waals surface area contributed by atoms with Crippen LogP contribution in [0.25, 0.3) is 0 Å². The molecule has 0 spiro atoms. The molecule has 0 saturated heterocycles. The van der Waals surface area contributed by atoms with Gasteiger partial charge in [-0.25, -0.2) is 9.59 Å². The number of carboxylic acids is 2. The first-order valence-corrected chi connectivity index (χ1v) is 2.74. The van der Waals surface area contributed by atoms with Crippen molar-refractivity contribution in [2.24, 2.45) is 0 Å². The second-order valence-electron chi connectivity index (χ2n) is 1.67. The van der Waals surface area contributed by atoms with E-state index in [2.05, 4.69) is 0 Å². The monoisotopic (exact) mass is 188 g/mol. The summed E-state index contributed by atoms with van der Waals surface area (Å²) in [6, 6.07) is 0. The van der Waals surface area contributed by atoms with Crippen LogP contribution in [-0.2, 0) is 9.59 Å². The Bertz CT molecular complexity index is 186. The van der Waals surface area contributed by atoms with Gasteiger partial charge in [-0.15, -0.1) is 0 Å². The van der Waals surface area contributed by atoms with Crippen LogP contribution in [0.2, 0.25) is 0 Å². The van der Waals surface area contributed by atoms with E-state index in [4.69, 9.17) is 10.2 Å². The standard InChI is InChI=1S/C6H8O4.Mg.H2O.2H/c1-2-4(6(9)10)3-5(7)8;;;;/h3H,2H2,1H3,(H,7,8)(H,9,10);;1H2;;/b4-3+;;;;. The van der Waals surface area contributed by atoms with Crippen molar-refractivity contribution in [3.63, 3.8) is 0 Å². The second kappa shape index (κ2) is 8.50. The molecule has 0 bridgehead atoms. The highest BCUT2D eigenvalue weighted by atomic mass is 24.3.